The predicted molar refractivity (Wildman–Crippen MR) is 251 cm³/mol. The van der Waals surface area contributed by atoms with Gasteiger partial charge in [0.05, 0.1) is 10.2 Å². The van der Waals surface area contributed by atoms with Crippen molar-refractivity contribution in [2.45, 2.75) is 44.9 Å². The molecule has 2 nitrogen and oxygen atoms in total. The Bertz CT molecular complexity index is 3250. The maximum atomic E-state index is 5.17. The Balaban J connectivity index is 0.965. The normalized spacial score (nSPS) is 15.4. The molecule has 4 heteroatoms. The van der Waals surface area contributed by atoms with E-state index in [1.165, 1.54) is 80.3 Å². The molecule has 0 spiro atoms. The molecule has 2 aromatic heterocycles. The molecule has 0 bridgehead atoms. The zero-order valence-electron chi connectivity index (χ0n) is 32.6. The number of fused-ring (bicyclic) bond motifs is 10. The van der Waals surface area contributed by atoms with Gasteiger partial charge in [0.2, 0.25) is 0 Å². The molecule has 3 aliphatic rings. The minimum atomic E-state index is 0.0518. The zero-order valence-corrected chi connectivity index (χ0v) is 34.2. The predicted octanol–water partition coefficient (Wildman–Crippen LogP) is 16.0. The Morgan fingerprint density at radius 1 is 0.569 bits per heavy atom. The van der Waals surface area contributed by atoms with Crippen LogP contribution in [0.1, 0.15) is 54.7 Å². The van der Waals surface area contributed by atoms with Crippen molar-refractivity contribution in [2.24, 2.45) is 0 Å². The topological polar surface area (TPSA) is 16.1 Å². The second kappa shape index (κ2) is 13.0. The smallest absolute Gasteiger partial charge is 0.124 e. The van der Waals surface area contributed by atoms with Crippen LogP contribution in [0, 0.1) is 0 Å². The summed E-state index contributed by atoms with van der Waals surface area (Å²) in [5, 5.41) is 7.34. The molecule has 278 valence electrons. The summed E-state index contributed by atoms with van der Waals surface area (Å²) in [5.41, 5.74) is 15.7. The second-order valence-electron chi connectivity index (χ2n) is 16.5. The molecule has 2 heterocycles. The van der Waals surface area contributed by atoms with Crippen molar-refractivity contribution in [1.29, 1.82) is 0 Å². The number of benzene rings is 7. The molecule has 3 aliphatic carbocycles. The first-order valence-electron chi connectivity index (χ1n) is 20.5. The summed E-state index contributed by atoms with van der Waals surface area (Å²) in [6, 6.07) is 50.0. The Kier molecular flexibility index (Phi) is 7.61. The molecule has 12 rings (SSSR count). The Labute approximate surface area is 346 Å². The average Bonchev–Trinajstić information content (AvgIpc) is 3.95. The molecule has 0 amide bonds. The molecule has 7 aromatic carbocycles. The lowest BCUT2D eigenvalue weighted by atomic mass is 9.78. The number of thiazole rings is 1. The summed E-state index contributed by atoms with van der Waals surface area (Å²) in [6.07, 6.45) is 13.8. The summed E-state index contributed by atoms with van der Waals surface area (Å²) in [6.45, 7) is 4.81. The van der Waals surface area contributed by atoms with Crippen LogP contribution < -0.4 is 4.90 Å². The lowest BCUT2D eigenvalue weighted by Crippen LogP contribution is -2.17. The quantitative estimate of drug-likeness (QED) is 0.162. The van der Waals surface area contributed by atoms with E-state index in [4.69, 9.17) is 4.98 Å². The van der Waals surface area contributed by atoms with Crippen molar-refractivity contribution in [3.63, 3.8) is 0 Å². The number of allylic oxidation sites excluding steroid dienone is 5. The highest BCUT2D eigenvalue weighted by molar-refractivity contribution is 7.21. The van der Waals surface area contributed by atoms with Gasteiger partial charge in [0.1, 0.15) is 5.01 Å². The van der Waals surface area contributed by atoms with Crippen molar-refractivity contribution in [3.05, 3.63) is 179 Å². The molecule has 0 unspecified atom stereocenters. The molecule has 0 fully saturated rings. The molecule has 0 N–H and O–H groups in total. The van der Waals surface area contributed by atoms with Crippen LogP contribution >= 0.6 is 22.7 Å². The van der Waals surface area contributed by atoms with Crippen LogP contribution in [-0.2, 0) is 11.8 Å². The van der Waals surface area contributed by atoms with Crippen LogP contribution in [0.2, 0.25) is 0 Å². The minimum absolute atomic E-state index is 0.0518. The van der Waals surface area contributed by atoms with Crippen LogP contribution in [-0.4, -0.2) is 4.98 Å². The van der Waals surface area contributed by atoms with Gasteiger partial charge in [-0.25, -0.2) is 4.98 Å². The fourth-order valence-corrected chi connectivity index (χ4v) is 12.1. The largest absolute Gasteiger partial charge is 0.310 e. The third kappa shape index (κ3) is 5.25. The van der Waals surface area contributed by atoms with Gasteiger partial charge < -0.3 is 4.90 Å². The van der Waals surface area contributed by atoms with Crippen LogP contribution in [0.25, 0.3) is 75.2 Å². The summed E-state index contributed by atoms with van der Waals surface area (Å²) < 4.78 is 2.57. The van der Waals surface area contributed by atoms with Gasteiger partial charge in [-0.2, -0.15) is 0 Å². The SMILES string of the molecule is CC1(C)C2=C(C=CCC2)c2ccc(-c3ccc(N(c4ccc5c(ccc6c5ccc5sc(-c7ccccc7)nc56)c4)c4ccc5sc6c(c5c4)CCC=C6)cc3)cc21. The number of rotatable bonds is 5. The standard InChI is InChI=1S/C54H40N2S2/c1-54(2)47-14-8-6-12-42(47)43-24-18-35(31-48(43)54)33-16-20-37(21-17-33)56(39-23-28-50-46(32-39)44-13-7-9-15-49(44)57-50)38-22-26-40-36(30-38)19-25-45-41(40)27-29-51-52(45)55-53(58-51)34-10-4-3-5-11-34/h3-6,9-12,15-32H,7-8,13-14H2,1-2H3. The number of hydrogen-bond donors (Lipinski definition) is 0. The van der Waals surface area contributed by atoms with Gasteiger partial charge in [-0.3, -0.25) is 0 Å². The molecule has 0 saturated heterocycles. The number of aryl methyl sites for hydroxylation is 1. The molecule has 58 heavy (non-hydrogen) atoms. The minimum Gasteiger partial charge on any atom is -0.310 e. The fourth-order valence-electron chi connectivity index (χ4n) is 9.93. The lowest BCUT2D eigenvalue weighted by molar-refractivity contribution is 0.607. The average molecular weight is 781 g/mol. The van der Waals surface area contributed by atoms with Gasteiger partial charge in [0.25, 0.3) is 0 Å². The van der Waals surface area contributed by atoms with Gasteiger partial charge in [-0.1, -0.05) is 117 Å². The van der Waals surface area contributed by atoms with E-state index in [1.54, 1.807) is 16.9 Å². The van der Waals surface area contributed by atoms with E-state index in [-0.39, 0.29) is 5.41 Å². The lowest BCUT2D eigenvalue weighted by Gasteiger charge is -2.27. The van der Waals surface area contributed by atoms with Crippen LogP contribution in [0.4, 0.5) is 17.1 Å². The molecule has 0 radical (unpaired) electrons. The third-order valence-electron chi connectivity index (χ3n) is 12.9. The van der Waals surface area contributed by atoms with Gasteiger partial charge in [0, 0.05) is 43.0 Å². The van der Waals surface area contributed by atoms with Gasteiger partial charge in [-0.15, -0.1) is 22.7 Å². The number of anilines is 3. The van der Waals surface area contributed by atoms with Crippen LogP contribution in [0.5, 0.6) is 0 Å². The van der Waals surface area contributed by atoms with Crippen molar-refractivity contribution in [2.75, 3.05) is 4.90 Å². The van der Waals surface area contributed by atoms with Gasteiger partial charge in [0.15, 0.2) is 0 Å². The van der Waals surface area contributed by atoms with Crippen LogP contribution in [0.3, 0.4) is 0 Å². The first-order valence-corrected chi connectivity index (χ1v) is 22.1. The number of hydrogen-bond acceptors (Lipinski definition) is 4. The van der Waals surface area contributed by atoms with E-state index in [9.17, 15) is 0 Å². The molecule has 0 aliphatic heterocycles. The summed E-state index contributed by atoms with van der Waals surface area (Å²) in [7, 11) is 0. The maximum absolute atomic E-state index is 5.17. The summed E-state index contributed by atoms with van der Waals surface area (Å²) in [4.78, 5) is 9.02. The third-order valence-corrected chi connectivity index (χ3v) is 15.1. The highest BCUT2D eigenvalue weighted by Crippen LogP contribution is 2.51. The van der Waals surface area contributed by atoms with E-state index >= 15 is 0 Å². The number of aromatic nitrogens is 1. The molecule has 9 aromatic rings. The second-order valence-corrected chi connectivity index (χ2v) is 18.6. The van der Waals surface area contributed by atoms with Crippen molar-refractivity contribution >= 4 is 93.2 Å². The van der Waals surface area contributed by atoms with Crippen LogP contribution in [0.15, 0.2) is 157 Å². The Hall–Kier alpha value is -6.07. The highest BCUT2D eigenvalue weighted by Gasteiger charge is 2.37. The maximum Gasteiger partial charge on any atom is 0.124 e. The molecular formula is C54H40N2S2. The monoisotopic (exact) mass is 780 g/mol. The number of nitrogens with zero attached hydrogens (tertiary/aromatic N) is 2. The Morgan fingerprint density at radius 3 is 2.21 bits per heavy atom. The first-order chi connectivity index (χ1) is 28.5. The molecular weight excluding hydrogens is 741 g/mol. The number of thiophene rings is 1. The first kappa shape index (κ1) is 34.0. The fraction of sp³-hybridized carbons (Fsp3) is 0.130. The van der Waals surface area contributed by atoms with E-state index in [0.717, 1.165) is 53.1 Å². The van der Waals surface area contributed by atoms with Crippen molar-refractivity contribution in [3.8, 4) is 21.7 Å². The summed E-state index contributed by atoms with van der Waals surface area (Å²) in [5.74, 6) is 0. The van der Waals surface area contributed by atoms with Crippen molar-refractivity contribution < 1.29 is 0 Å². The summed E-state index contributed by atoms with van der Waals surface area (Å²) >= 11 is 3.68. The van der Waals surface area contributed by atoms with E-state index in [2.05, 4.69) is 177 Å². The Morgan fingerprint density at radius 2 is 1.31 bits per heavy atom. The van der Waals surface area contributed by atoms with Crippen molar-refractivity contribution in [1.82, 2.24) is 4.98 Å². The van der Waals surface area contributed by atoms with Gasteiger partial charge in [-0.05, 0) is 141 Å². The molecule has 0 atom stereocenters. The highest BCUT2D eigenvalue weighted by atomic mass is 32.1. The van der Waals surface area contributed by atoms with Gasteiger partial charge >= 0.3 is 0 Å². The van der Waals surface area contributed by atoms with E-state index in [1.807, 2.05) is 11.3 Å². The zero-order chi connectivity index (χ0) is 38.5. The molecule has 0 saturated carbocycles. The van der Waals surface area contributed by atoms with E-state index < -0.39 is 0 Å². The van der Waals surface area contributed by atoms with E-state index in [0.29, 0.717) is 0 Å².